The molecular formula is C14H21N5O. The zero-order valence-electron chi connectivity index (χ0n) is 12.3. The van der Waals surface area contributed by atoms with Crippen molar-refractivity contribution >= 4 is 0 Å². The van der Waals surface area contributed by atoms with E-state index >= 15 is 0 Å². The zero-order valence-corrected chi connectivity index (χ0v) is 12.3. The van der Waals surface area contributed by atoms with E-state index in [1.54, 1.807) is 0 Å². The molecule has 0 saturated carbocycles. The van der Waals surface area contributed by atoms with Gasteiger partial charge in [0.25, 0.3) is 0 Å². The Morgan fingerprint density at radius 2 is 2.25 bits per heavy atom. The monoisotopic (exact) mass is 275 g/mol. The van der Waals surface area contributed by atoms with Crippen molar-refractivity contribution in [3.8, 4) is 0 Å². The average Bonchev–Trinajstić information content (AvgIpc) is 2.97. The predicted octanol–water partition coefficient (Wildman–Crippen LogP) is 2.14. The van der Waals surface area contributed by atoms with Crippen LogP contribution in [0.25, 0.3) is 0 Å². The Morgan fingerprint density at radius 3 is 2.90 bits per heavy atom. The molecule has 6 nitrogen and oxygen atoms in total. The van der Waals surface area contributed by atoms with Crippen molar-refractivity contribution in [1.82, 2.24) is 24.8 Å². The van der Waals surface area contributed by atoms with Crippen LogP contribution in [-0.2, 0) is 6.42 Å². The van der Waals surface area contributed by atoms with E-state index in [4.69, 9.17) is 4.52 Å². The summed E-state index contributed by atoms with van der Waals surface area (Å²) in [6.07, 6.45) is 5.92. The normalized spacial score (nSPS) is 18.1. The Kier molecular flexibility index (Phi) is 3.56. The van der Waals surface area contributed by atoms with Gasteiger partial charge in [-0.3, -0.25) is 9.58 Å². The van der Waals surface area contributed by atoms with Crippen LogP contribution in [0.2, 0.25) is 0 Å². The minimum Gasteiger partial charge on any atom is -0.338 e. The third-order valence-corrected chi connectivity index (χ3v) is 3.86. The van der Waals surface area contributed by atoms with E-state index in [2.05, 4.69) is 51.8 Å². The minimum atomic E-state index is 0.181. The number of nitrogens with zero attached hydrogens (tertiary/aromatic N) is 5. The van der Waals surface area contributed by atoms with E-state index in [0.717, 1.165) is 37.6 Å². The highest BCUT2D eigenvalue weighted by Gasteiger charge is 2.34. The summed E-state index contributed by atoms with van der Waals surface area (Å²) in [5.41, 5.74) is 1.21. The smallest absolute Gasteiger partial charge is 0.243 e. The molecule has 0 aliphatic carbocycles. The Hall–Kier alpha value is -1.69. The molecule has 1 aliphatic heterocycles. The molecule has 6 heteroatoms. The number of hydrogen-bond acceptors (Lipinski definition) is 5. The highest BCUT2D eigenvalue weighted by Crippen LogP contribution is 2.30. The van der Waals surface area contributed by atoms with Crippen molar-refractivity contribution in [2.75, 3.05) is 13.1 Å². The summed E-state index contributed by atoms with van der Waals surface area (Å²) in [4.78, 5) is 6.80. The van der Waals surface area contributed by atoms with Gasteiger partial charge < -0.3 is 4.52 Å². The van der Waals surface area contributed by atoms with Crippen LogP contribution in [0.5, 0.6) is 0 Å². The quantitative estimate of drug-likeness (QED) is 0.836. The van der Waals surface area contributed by atoms with Crippen LogP contribution in [0.1, 0.15) is 49.6 Å². The van der Waals surface area contributed by atoms with Crippen molar-refractivity contribution in [3.63, 3.8) is 0 Å². The molecule has 0 amide bonds. The minimum absolute atomic E-state index is 0.181. The summed E-state index contributed by atoms with van der Waals surface area (Å²) >= 11 is 0. The molecule has 2 aromatic heterocycles. The molecule has 1 aliphatic rings. The van der Waals surface area contributed by atoms with Crippen LogP contribution in [0.3, 0.4) is 0 Å². The van der Waals surface area contributed by atoms with Gasteiger partial charge in [-0.1, -0.05) is 12.1 Å². The third-order valence-electron chi connectivity index (χ3n) is 3.86. The van der Waals surface area contributed by atoms with Crippen molar-refractivity contribution in [1.29, 1.82) is 0 Å². The van der Waals surface area contributed by atoms with Gasteiger partial charge in [-0.15, -0.1) is 0 Å². The van der Waals surface area contributed by atoms with E-state index in [1.165, 1.54) is 5.56 Å². The first kappa shape index (κ1) is 13.3. The molecule has 0 N–H and O–H groups in total. The van der Waals surface area contributed by atoms with Gasteiger partial charge in [0.1, 0.15) is 0 Å². The molecule has 108 valence electrons. The molecule has 1 atom stereocenters. The molecule has 0 spiro atoms. The van der Waals surface area contributed by atoms with Gasteiger partial charge in [0, 0.05) is 25.7 Å². The van der Waals surface area contributed by atoms with Crippen LogP contribution in [0.15, 0.2) is 16.9 Å². The van der Waals surface area contributed by atoms with Gasteiger partial charge in [-0.05, 0) is 25.8 Å². The fourth-order valence-corrected chi connectivity index (χ4v) is 2.52. The van der Waals surface area contributed by atoms with Crippen molar-refractivity contribution in [2.24, 2.45) is 0 Å². The lowest BCUT2D eigenvalue weighted by atomic mass is 10.1. The number of hydrogen-bond donors (Lipinski definition) is 0. The number of likely N-dealkylation sites (tertiary alicyclic amines) is 1. The Balaban J connectivity index is 1.58. The molecule has 1 fully saturated rings. The van der Waals surface area contributed by atoms with E-state index in [9.17, 15) is 0 Å². The van der Waals surface area contributed by atoms with E-state index < -0.39 is 0 Å². The molecule has 3 heterocycles. The largest absolute Gasteiger partial charge is 0.338 e. The van der Waals surface area contributed by atoms with Crippen LogP contribution in [-0.4, -0.2) is 37.9 Å². The molecule has 3 rings (SSSR count). The maximum atomic E-state index is 5.36. The van der Waals surface area contributed by atoms with Gasteiger partial charge in [0.2, 0.25) is 5.89 Å². The molecule has 0 aromatic carbocycles. The second kappa shape index (κ2) is 5.36. The summed E-state index contributed by atoms with van der Waals surface area (Å²) in [5.74, 6) is 1.54. The first-order valence-corrected chi connectivity index (χ1v) is 7.24. The molecule has 20 heavy (non-hydrogen) atoms. The molecule has 0 radical (unpaired) electrons. The topological polar surface area (TPSA) is 60.0 Å². The third kappa shape index (κ3) is 2.47. The lowest BCUT2D eigenvalue weighted by molar-refractivity contribution is 0.0456. The lowest BCUT2D eigenvalue weighted by Crippen LogP contribution is -2.48. The second-order valence-corrected chi connectivity index (χ2v) is 5.58. The summed E-state index contributed by atoms with van der Waals surface area (Å²) in [5, 5.41) is 8.39. The second-order valence-electron chi connectivity index (χ2n) is 5.58. The number of aromatic nitrogens is 4. The first-order valence-electron chi connectivity index (χ1n) is 7.24. The molecule has 0 bridgehead atoms. The fraction of sp³-hybridized carbons (Fsp3) is 0.643. The van der Waals surface area contributed by atoms with E-state index in [0.29, 0.717) is 6.04 Å². The zero-order chi connectivity index (χ0) is 14.1. The summed E-state index contributed by atoms with van der Waals surface area (Å²) < 4.78 is 7.41. The van der Waals surface area contributed by atoms with Gasteiger partial charge in [0.05, 0.1) is 18.3 Å². The van der Waals surface area contributed by atoms with Crippen LogP contribution in [0, 0.1) is 6.92 Å². The maximum Gasteiger partial charge on any atom is 0.243 e. The van der Waals surface area contributed by atoms with Crippen molar-refractivity contribution < 1.29 is 4.52 Å². The maximum absolute atomic E-state index is 5.36. The Morgan fingerprint density at radius 1 is 1.45 bits per heavy atom. The van der Waals surface area contributed by atoms with E-state index in [1.807, 2.05) is 6.20 Å². The lowest BCUT2D eigenvalue weighted by Gasteiger charge is -2.41. The first-order chi connectivity index (χ1) is 9.67. The predicted molar refractivity (Wildman–Crippen MR) is 74.3 cm³/mol. The molecular weight excluding hydrogens is 254 g/mol. The van der Waals surface area contributed by atoms with Gasteiger partial charge in [0.15, 0.2) is 5.82 Å². The highest BCUT2D eigenvalue weighted by molar-refractivity contribution is 5.03. The van der Waals surface area contributed by atoms with Crippen LogP contribution < -0.4 is 0 Å². The summed E-state index contributed by atoms with van der Waals surface area (Å²) in [7, 11) is 0. The standard InChI is InChI=1S/C14H21N5O/c1-4-5-13-16-14(20-17-13)11(3)18-8-12(9-18)19-7-10(2)6-15-19/h6-7,11-12H,4-5,8-9H2,1-3H3/t11-/m0/s1. The van der Waals surface area contributed by atoms with E-state index in [-0.39, 0.29) is 6.04 Å². The summed E-state index contributed by atoms with van der Waals surface area (Å²) in [6.45, 7) is 8.26. The average molecular weight is 275 g/mol. The Bertz CT molecular complexity index is 570. The van der Waals surface area contributed by atoms with Crippen molar-refractivity contribution in [2.45, 2.75) is 45.7 Å². The fourth-order valence-electron chi connectivity index (χ4n) is 2.52. The number of rotatable bonds is 5. The summed E-state index contributed by atoms with van der Waals surface area (Å²) in [6, 6.07) is 0.644. The number of aryl methyl sites for hydroxylation is 2. The molecule has 1 saturated heterocycles. The van der Waals surface area contributed by atoms with Gasteiger partial charge in [-0.25, -0.2) is 0 Å². The highest BCUT2D eigenvalue weighted by atomic mass is 16.5. The van der Waals surface area contributed by atoms with Crippen LogP contribution >= 0.6 is 0 Å². The molecule has 2 aromatic rings. The van der Waals surface area contributed by atoms with Gasteiger partial charge in [-0.2, -0.15) is 10.1 Å². The molecule has 0 unspecified atom stereocenters. The Labute approximate surface area is 118 Å². The SMILES string of the molecule is CCCc1noc([C@H](C)N2CC(n3cc(C)cn3)C2)n1. The van der Waals surface area contributed by atoms with Crippen molar-refractivity contribution in [3.05, 3.63) is 29.7 Å². The van der Waals surface area contributed by atoms with Crippen LogP contribution in [0.4, 0.5) is 0 Å². The van der Waals surface area contributed by atoms with Gasteiger partial charge >= 0.3 is 0 Å².